The van der Waals surface area contributed by atoms with Gasteiger partial charge in [0.05, 0.1) is 6.61 Å². The molecule has 0 aliphatic carbocycles. The van der Waals surface area contributed by atoms with Gasteiger partial charge in [-0.25, -0.2) is 24.5 Å². The molecular formula is C16H20N4O4S. The molecule has 2 rings (SSSR count). The standard InChI is InChI=1S/C16H20N4O4S/c1-6-23-14(21)12-17-8-7-10(18-12)13-19-11(9(2)25-13)20-15(22)24-16(3,4)5/h7-8H,6H2,1-5H3,(H,20,22). The molecule has 2 aromatic heterocycles. The summed E-state index contributed by atoms with van der Waals surface area (Å²) in [5.74, 6) is -0.232. The number of ether oxygens (including phenoxy) is 2. The Hall–Kier alpha value is -2.55. The molecule has 0 atom stereocenters. The molecule has 1 amide bonds. The maximum absolute atomic E-state index is 11.9. The van der Waals surface area contributed by atoms with Crippen molar-refractivity contribution in [1.82, 2.24) is 15.0 Å². The van der Waals surface area contributed by atoms with Crippen LogP contribution in [0, 0.1) is 6.92 Å². The fourth-order valence-corrected chi connectivity index (χ4v) is 2.63. The Morgan fingerprint density at radius 2 is 2.00 bits per heavy atom. The molecule has 0 aromatic carbocycles. The minimum Gasteiger partial charge on any atom is -0.460 e. The molecule has 9 heteroatoms. The third kappa shape index (κ3) is 5.21. The molecule has 0 unspecified atom stereocenters. The van der Waals surface area contributed by atoms with Crippen LogP contribution in [0.5, 0.6) is 0 Å². The Morgan fingerprint density at radius 3 is 2.64 bits per heavy atom. The van der Waals surface area contributed by atoms with Crippen LogP contribution in [0.25, 0.3) is 10.7 Å². The molecule has 0 radical (unpaired) electrons. The number of esters is 1. The molecule has 25 heavy (non-hydrogen) atoms. The monoisotopic (exact) mass is 364 g/mol. The zero-order valence-corrected chi connectivity index (χ0v) is 15.6. The Balaban J connectivity index is 2.21. The second-order valence-electron chi connectivity index (χ2n) is 6.04. The molecule has 1 N–H and O–H groups in total. The lowest BCUT2D eigenvalue weighted by Crippen LogP contribution is -2.27. The van der Waals surface area contributed by atoms with Crippen LogP contribution in [0.1, 0.15) is 43.2 Å². The van der Waals surface area contributed by atoms with E-state index in [1.165, 1.54) is 17.5 Å². The first-order valence-corrected chi connectivity index (χ1v) is 8.49. The van der Waals surface area contributed by atoms with Crippen LogP contribution in [0.15, 0.2) is 12.3 Å². The highest BCUT2D eigenvalue weighted by molar-refractivity contribution is 7.15. The van der Waals surface area contributed by atoms with Crippen molar-refractivity contribution >= 4 is 29.2 Å². The summed E-state index contributed by atoms with van der Waals surface area (Å²) in [5.41, 5.74) is -0.124. The van der Waals surface area contributed by atoms with Crippen LogP contribution >= 0.6 is 11.3 Å². The summed E-state index contributed by atoms with van der Waals surface area (Å²) in [6, 6.07) is 1.64. The number of carbonyl (C=O) groups excluding carboxylic acids is 2. The van der Waals surface area contributed by atoms with Crippen molar-refractivity contribution < 1.29 is 19.1 Å². The summed E-state index contributed by atoms with van der Waals surface area (Å²) in [6.45, 7) is 9.12. The number of nitrogens with one attached hydrogen (secondary N) is 1. The molecule has 2 heterocycles. The number of aromatic nitrogens is 3. The number of hydrogen-bond acceptors (Lipinski definition) is 8. The fourth-order valence-electron chi connectivity index (χ4n) is 1.79. The van der Waals surface area contributed by atoms with Gasteiger partial charge in [0, 0.05) is 11.1 Å². The third-order valence-corrected chi connectivity index (χ3v) is 3.74. The third-order valence-electron chi connectivity index (χ3n) is 2.75. The maximum atomic E-state index is 11.9. The summed E-state index contributed by atoms with van der Waals surface area (Å²) in [5, 5.41) is 3.17. The number of thiazole rings is 1. The van der Waals surface area contributed by atoms with Crippen LogP contribution in [0.3, 0.4) is 0 Å². The Kier molecular flexibility index (Phi) is 5.68. The molecule has 134 valence electrons. The van der Waals surface area contributed by atoms with Crippen molar-refractivity contribution in [3.8, 4) is 10.7 Å². The zero-order valence-electron chi connectivity index (χ0n) is 14.7. The molecule has 0 aliphatic heterocycles. The SMILES string of the molecule is CCOC(=O)c1nccc(-c2nc(NC(=O)OC(C)(C)C)c(C)s2)n1. The van der Waals surface area contributed by atoms with E-state index >= 15 is 0 Å². The number of carbonyl (C=O) groups is 2. The second-order valence-corrected chi connectivity index (χ2v) is 7.24. The van der Waals surface area contributed by atoms with Crippen molar-refractivity contribution in [1.29, 1.82) is 0 Å². The Bertz CT molecular complexity index is 783. The van der Waals surface area contributed by atoms with E-state index in [9.17, 15) is 9.59 Å². The average molecular weight is 364 g/mol. The van der Waals surface area contributed by atoms with E-state index in [-0.39, 0.29) is 12.4 Å². The van der Waals surface area contributed by atoms with Gasteiger partial charge in [0.25, 0.3) is 0 Å². The van der Waals surface area contributed by atoms with Crippen LogP contribution in [-0.2, 0) is 9.47 Å². The van der Waals surface area contributed by atoms with Gasteiger partial charge >= 0.3 is 12.1 Å². The van der Waals surface area contributed by atoms with Gasteiger partial charge in [-0.3, -0.25) is 5.32 Å². The molecule has 2 aromatic rings. The topological polar surface area (TPSA) is 103 Å². The number of rotatable bonds is 4. The molecule has 0 bridgehead atoms. The van der Waals surface area contributed by atoms with Gasteiger partial charge in [-0.15, -0.1) is 11.3 Å². The largest absolute Gasteiger partial charge is 0.460 e. The van der Waals surface area contributed by atoms with Crippen molar-refractivity contribution in [2.75, 3.05) is 11.9 Å². The van der Waals surface area contributed by atoms with Crippen molar-refractivity contribution in [2.45, 2.75) is 40.2 Å². The first-order chi connectivity index (χ1) is 11.7. The molecule has 8 nitrogen and oxygen atoms in total. The molecular weight excluding hydrogens is 344 g/mol. The lowest BCUT2D eigenvalue weighted by Gasteiger charge is -2.19. The van der Waals surface area contributed by atoms with Gasteiger partial charge in [0.1, 0.15) is 22.1 Å². The predicted molar refractivity (Wildman–Crippen MR) is 93.7 cm³/mol. The lowest BCUT2D eigenvalue weighted by molar-refractivity contribution is 0.0511. The van der Waals surface area contributed by atoms with Gasteiger partial charge in [0.2, 0.25) is 5.82 Å². The van der Waals surface area contributed by atoms with E-state index in [1.807, 2.05) is 6.92 Å². The van der Waals surface area contributed by atoms with E-state index in [1.54, 1.807) is 33.8 Å². The maximum Gasteiger partial charge on any atom is 0.413 e. The van der Waals surface area contributed by atoms with E-state index in [2.05, 4.69) is 20.3 Å². The Labute approximate surface area is 149 Å². The summed E-state index contributed by atoms with van der Waals surface area (Å²) in [7, 11) is 0. The molecule has 0 fully saturated rings. The normalized spacial score (nSPS) is 11.1. The minimum atomic E-state index is -0.599. The number of nitrogens with zero attached hydrogens (tertiary/aromatic N) is 3. The highest BCUT2D eigenvalue weighted by atomic mass is 32.1. The van der Waals surface area contributed by atoms with Crippen molar-refractivity contribution in [3.05, 3.63) is 23.0 Å². The van der Waals surface area contributed by atoms with Crippen LogP contribution in [0.2, 0.25) is 0 Å². The van der Waals surface area contributed by atoms with Crippen molar-refractivity contribution in [2.24, 2.45) is 0 Å². The summed E-state index contributed by atoms with van der Waals surface area (Å²) in [6.07, 6.45) is 0.883. The Morgan fingerprint density at radius 1 is 1.28 bits per heavy atom. The highest BCUT2D eigenvalue weighted by Crippen LogP contribution is 2.29. The number of aryl methyl sites for hydroxylation is 1. The minimum absolute atomic E-state index is 0.0335. The van der Waals surface area contributed by atoms with E-state index in [0.29, 0.717) is 16.5 Å². The van der Waals surface area contributed by atoms with Crippen LogP contribution in [0.4, 0.5) is 10.6 Å². The highest BCUT2D eigenvalue weighted by Gasteiger charge is 2.20. The number of anilines is 1. The molecule has 0 spiro atoms. The van der Waals surface area contributed by atoms with E-state index < -0.39 is 17.7 Å². The molecule has 0 saturated carbocycles. The van der Waals surface area contributed by atoms with Crippen molar-refractivity contribution in [3.63, 3.8) is 0 Å². The van der Waals surface area contributed by atoms with E-state index in [4.69, 9.17) is 9.47 Å². The van der Waals surface area contributed by atoms with Crippen LogP contribution < -0.4 is 5.32 Å². The summed E-state index contributed by atoms with van der Waals surface area (Å²) >= 11 is 1.34. The van der Waals surface area contributed by atoms with Gasteiger partial charge in [-0.2, -0.15) is 0 Å². The lowest BCUT2D eigenvalue weighted by atomic mass is 10.2. The zero-order chi connectivity index (χ0) is 18.6. The first kappa shape index (κ1) is 18.8. The predicted octanol–water partition coefficient (Wildman–Crippen LogP) is 3.43. The van der Waals surface area contributed by atoms with E-state index in [0.717, 1.165) is 4.88 Å². The van der Waals surface area contributed by atoms with Gasteiger partial charge in [-0.1, -0.05) is 0 Å². The molecule has 0 saturated heterocycles. The quantitative estimate of drug-likeness (QED) is 0.829. The van der Waals surface area contributed by atoms with Crippen LogP contribution in [-0.4, -0.2) is 39.2 Å². The van der Waals surface area contributed by atoms with Gasteiger partial charge in [0.15, 0.2) is 0 Å². The first-order valence-electron chi connectivity index (χ1n) is 7.67. The van der Waals surface area contributed by atoms with Gasteiger partial charge < -0.3 is 9.47 Å². The second kappa shape index (κ2) is 7.56. The fraction of sp³-hybridized carbons (Fsp3) is 0.438. The number of hydrogen-bond donors (Lipinski definition) is 1. The summed E-state index contributed by atoms with van der Waals surface area (Å²) in [4.78, 5) is 36.9. The summed E-state index contributed by atoms with van der Waals surface area (Å²) < 4.78 is 10.1. The molecule has 0 aliphatic rings. The number of amides is 1. The smallest absolute Gasteiger partial charge is 0.413 e. The average Bonchev–Trinajstić information content (AvgIpc) is 2.87. The van der Waals surface area contributed by atoms with Gasteiger partial charge in [-0.05, 0) is 40.7 Å².